The van der Waals surface area contributed by atoms with E-state index < -0.39 is 6.09 Å². The number of benzene rings is 4. The molecule has 27 heteroatoms. The van der Waals surface area contributed by atoms with Gasteiger partial charge in [-0.05, 0) is 82.9 Å². The lowest BCUT2D eigenvalue weighted by Crippen LogP contribution is -2.28. The summed E-state index contributed by atoms with van der Waals surface area (Å²) in [5.74, 6) is 0.793. The number of nitrogens with two attached hydrogens (primary N) is 3. The highest BCUT2D eigenvalue weighted by atomic mass is 35.5. The number of aliphatic hydroxyl groups excluding tert-OH is 1. The van der Waals surface area contributed by atoms with Gasteiger partial charge in [-0.15, -0.1) is 68.0 Å². The molecule has 4 aromatic carbocycles. The Bertz CT molecular complexity index is 4440. The van der Waals surface area contributed by atoms with Crippen LogP contribution in [0, 0.1) is 22.7 Å². The van der Waals surface area contributed by atoms with Crippen molar-refractivity contribution >= 4 is 182 Å². The van der Waals surface area contributed by atoms with Crippen molar-refractivity contribution in [2.24, 2.45) is 5.73 Å². The van der Waals surface area contributed by atoms with Crippen LogP contribution in [-0.4, -0.2) is 81.5 Å². The summed E-state index contributed by atoms with van der Waals surface area (Å²) in [5, 5.41) is 35.4. The van der Waals surface area contributed by atoms with Crippen LogP contribution in [-0.2, 0) is 31.0 Å². The Kier molecular flexibility index (Phi) is 21.8. The molecular weight excluding hydrogens is 1300 g/mol. The highest BCUT2D eigenvalue weighted by Crippen LogP contribution is 2.41. The number of ether oxygens (including phenoxy) is 3. The van der Waals surface area contributed by atoms with Gasteiger partial charge in [0.2, 0.25) is 23.7 Å². The van der Waals surface area contributed by atoms with E-state index in [1.54, 1.807) is 56.7 Å². The van der Waals surface area contributed by atoms with Crippen molar-refractivity contribution in [2.45, 2.75) is 26.3 Å². The maximum absolute atomic E-state index is 12.3. The summed E-state index contributed by atoms with van der Waals surface area (Å²) in [4.78, 5) is 43.1. The van der Waals surface area contributed by atoms with Gasteiger partial charge in [-0.2, -0.15) is 20.5 Å². The van der Waals surface area contributed by atoms with Gasteiger partial charge in [0, 0.05) is 74.4 Å². The number of nitrogens with zero attached hydrogens (tertiary/aromatic N) is 10. The molecule has 8 N–H and O–H groups in total. The first-order valence-corrected chi connectivity index (χ1v) is 33.0. The van der Waals surface area contributed by atoms with Crippen LogP contribution in [0.4, 0.5) is 26.7 Å². The first-order chi connectivity index (χ1) is 43.7. The second-order valence-electron chi connectivity index (χ2n) is 19.5. The number of carbonyl (C=O) groups is 1. The normalized spacial score (nSPS) is 11.4. The number of aromatic nitrogens is 6. The lowest BCUT2D eigenvalue weighted by molar-refractivity contribution is 0.148. The van der Waals surface area contributed by atoms with E-state index in [0.29, 0.717) is 55.7 Å². The van der Waals surface area contributed by atoms with Crippen LogP contribution in [0.2, 0.25) is 10.3 Å². The number of amides is 1. The first kappa shape index (κ1) is 64.2. The molecule has 0 atom stereocenters. The van der Waals surface area contributed by atoms with Crippen molar-refractivity contribution in [2.75, 3.05) is 61.7 Å². The summed E-state index contributed by atoms with van der Waals surface area (Å²) in [6.45, 7) is 3.07. The Morgan fingerprint density at radius 1 is 0.578 bits per heavy atom. The molecule has 0 bridgehead atoms. The molecule has 0 fully saturated rings. The standard InChI is InChI=1S/C32H26ClN7O3S3.C19H15N3OS3.C12H13ClN4O/c1-40(10-11-42-32(41)36-17-19-6-8-20(9-7-19)18-43-28-15-27(33)38-31(35)39-28)29-14-26-25(45-29)13-22(44-26)12-21(16-34)30-37-23-4-2-3-5-24(23)46-30;1-22(6-7-23)18-10-17-16(25-18)9-13(24-17)8-12(11-20)19-21-14-4-2-3-5-15(14)26-19;13-10-5-11(17-12(15)16-10)18-7-9-3-1-8(6-14)2-4-9/h2-9,12-15H,10-11,17-18H2,1H3,(H,36,41)(H2,35,38,39);2-5,8-10,23H,6-7H2,1H3;1-5H,6-7,14H2,(H2,15,16,17)/b21-12+;12-8+;. The van der Waals surface area contributed by atoms with Crippen LogP contribution in [0.5, 0.6) is 11.8 Å². The molecule has 456 valence electrons. The average molecular weight is 1350 g/mol. The number of thiophene rings is 4. The van der Waals surface area contributed by atoms with Crippen LogP contribution in [0.25, 0.3) is 62.5 Å². The number of alkyl carbamates (subject to hydrolysis) is 1. The minimum absolute atomic E-state index is 0.0466. The number of thiazole rings is 2. The van der Waals surface area contributed by atoms with Gasteiger partial charge >= 0.3 is 6.09 Å². The molecule has 0 aliphatic heterocycles. The van der Waals surface area contributed by atoms with E-state index in [0.717, 1.165) is 81.9 Å². The summed E-state index contributed by atoms with van der Waals surface area (Å²) in [7, 11) is 3.95. The van der Waals surface area contributed by atoms with Crippen molar-refractivity contribution in [3.63, 3.8) is 0 Å². The molecule has 0 unspecified atom stereocenters. The maximum Gasteiger partial charge on any atom is 0.407 e. The van der Waals surface area contributed by atoms with Gasteiger partial charge in [0.25, 0.3) is 0 Å². The zero-order valence-electron chi connectivity index (χ0n) is 48.0. The number of halogens is 2. The number of fused-ring (bicyclic) bond motifs is 4. The van der Waals surface area contributed by atoms with Crippen LogP contribution >= 0.6 is 91.2 Å². The molecule has 0 aliphatic carbocycles. The van der Waals surface area contributed by atoms with Crippen molar-refractivity contribution < 1.29 is 24.1 Å². The fourth-order valence-electron chi connectivity index (χ4n) is 8.43. The summed E-state index contributed by atoms with van der Waals surface area (Å²) in [6.07, 6.45) is 3.35. The van der Waals surface area contributed by atoms with Gasteiger partial charge in [-0.3, -0.25) is 0 Å². The second-order valence-corrected chi connectivity index (χ2v) is 26.7. The zero-order chi connectivity index (χ0) is 63.1. The Morgan fingerprint density at radius 2 is 1.02 bits per heavy atom. The Morgan fingerprint density at radius 3 is 1.46 bits per heavy atom. The van der Waals surface area contributed by atoms with E-state index >= 15 is 0 Å². The largest absolute Gasteiger partial charge is 0.473 e. The SMILES string of the molecule is CN(CCO)c1cc2sc(/C=C(\C#N)c3nc4ccccc4s3)cc2s1.CN(CCOC(=O)NCc1ccc(COc2cc(Cl)nc(N)n2)cc1)c1cc2sc(/C=C(\C#N)c3nc4ccccc4s3)cc2s1.NCc1ccc(COc2cc(Cl)nc(N)n2)cc1. The van der Waals surface area contributed by atoms with Crippen molar-refractivity contribution in [1.82, 2.24) is 35.2 Å². The van der Waals surface area contributed by atoms with E-state index in [4.69, 9.17) is 59.7 Å². The van der Waals surface area contributed by atoms with Crippen LogP contribution in [0.3, 0.4) is 0 Å². The van der Waals surface area contributed by atoms with Gasteiger partial charge in [0.1, 0.15) is 52.3 Å². The molecule has 1 amide bonds. The van der Waals surface area contributed by atoms with Gasteiger partial charge in [-0.25, -0.2) is 24.7 Å². The monoisotopic (exact) mass is 1350 g/mol. The summed E-state index contributed by atoms with van der Waals surface area (Å²) in [6, 6.07) is 47.4. The number of nitrogens with one attached hydrogen (secondary N) is 1. The number of aliphatic hydroxyl groups is 1. The maximum atomic E-state index is 12.3. The van der Waals surface area contributed by atoms with Crippen molar-refractivity contribution in [3.05, 3.63) is 186 Å². The number of allylic oxidation sites excluding steroid dienone is 2. The second kappa shape index (κ2) is 30.6. The van der Waals surface area contributed by atoms with E-state index in [2.05, 4.69) is 81.4 Å². The lowest BCUT2D eigenvalue weighted by Gasteiger charge is -2.16. The molecule has 90 heavy (non-hydrogen) atoms. The van der Waals surface area contributed by atoms with E-state index in [1.165, 1.54) is 32.9 Å². The van der Waals surface area contributed by atoms with Crippen LogP contribution in [0.1, 0.15) is 42.0 Å². The third-order valence-corrected chi connectivity index (χ3v) is 20.2. The number of nitrogen functional groups attached to an aromatic ring is 2. The number of likely N-dealkylation sites (N-methyl/N-ethyl adjacent to an activating group) is 2. The molecule has 0 saturated heterocycles. The summed E-state index contributed by atoms with van der Waals surface area (Å²) in [5.41, 5.74) is 23.5. The predicted molar refractivity (Wildman–Crippen MR) is 370 cm³/mol. The lowest BCUT2D eigenvalue weighted by atomic mass is 10.1. The molecule has 0 radical (unpaired) electrons. The molecule has 12 rings (SSSR count). The smallest absolute Gasteiger partial charge is 0.407 e. The minimum atomic E-state index is -0.482. The first-order valence-electron chi connectivity index (χ1n) is 27.4. The van der Waals surface area contributed by atoms with E-state index in [-0.39, 0.29) is 42.0 Å². The number of nitriles is 2. The molecule has 0 aliphatic rings. The fourth-order valence-corrected chi connectivity index (χ4v) is 15.3. The van der Waals surface area contributed by atoms with Crippen LogP contribution < -0.4 is 41.8 Å². The number of para-hydroxylation sites is 2. The molecule has 8 aromatic heterocycles. The quantitative estimate of drug-likeness (QED) is 0.0350. The van der Waals surface area contributed by atoms with Crippen molar-refractivity contribution in [3.8, 4) is 23.9 Å². The molecule has 8 heterocycles. The minimum Gasteiger partial charge on any atom is -0.473 e. The predicted octanol–water partition coefficient (Wildman–Crippen LogP) is 14.4. The van der Waals surface area contributed by atoms with Gasteiger partial charge in [-0.1, -0.05) is 96.0 Å². The third-order valence-electron chi connectivity index (χ3n) is 13.0. The van der Waals surface area contributed by atoms with Crippen molar-refractivity contribution in [1.29, 1.82) is 10.5 Å². The zero-order valence-corrected chi connectivity index (χ0v) is 54.4. The number of carbonyl (C=O) groups excluding carboxylic acids is 1. The van der Waals surface area contributed by atoms with Crippen LogP contribution in [0.15, 0.2) is 133 Å². The van der Waals surface area contributed by atoms with E-state index in [1.807, 2.05) is 123 Å². The van der Waals surface area contributed by atoms with Gasteiger partial charge in [0.15, 0.2) is 0 Å². The Labute approximate surface area is 550 Å². The summed E-state index contributed by atoms with van der Waals surface area (Å²) >= 11 is 21.4. The Balaban J connectivity index is 0.000000169. The molecule has 19 nitrogen and oxygen atoms in total. The Hall–Kier alpha value is -8.83. The highest BCUT2D eigenvalue weighted by Gasteiger charge is 2.16. The fraction of sp³-hybridized carbons (Fsp3) is 0.159. The molecule has 0 saturated carbocycles. The van der Waals surface area contributed by atoms with Gasteiger partial charge < -0.3 is 51.6 Å². The highest BCUT2D eigenvalue weighted by molar-refractivity contribution is 7.31. The summed E-state index contributed by atoms with van der Waals surface area (Å²) < 4.78 is 23.3. The molecule has 0 spiro atoms. The third kappa shape index (κ3) is 17.3. The van der Waals surface area contributed by atoms with Gasteiger partial charge in [0.05, 0.1) is 54.7 Å². The number of anilines is 4. The molecule has 12 aromatic rings. The molecular formula is C63H54Cl2N14O5S6. The number of rotatable bonds is 20. The van der Waals surface area contributed by atoms with E-state index in [9.17, 15) is 15.3 Å². The average Bonchev–Trinajstić information content (AvgIpc) is 1.79. The number of hydrogen-bond donors (Lipinski definition) is 5. The topological polar surface area (TPSA) is 286 Å². The number of hydrogen-bond acceptors (Lipinski definition) is 24.